The van der Waals surface area contributed by atoms with E-state index in [1.165, 1.54) is 12.1 Å². The largest absolute Gasteiger partial charge is 0.548 e. The number of likely N-dealkylation sites (N-methyl/N-ethyl adjacent to an activating group) is 1. The summed E-state index contributed by atoms with van der Waals surface area (Å²) in [6.07, 6.45) is 1.64. The van der Waals surface area contributed by atoms with Gasteiger partial charge in [-0.25, -0.2) is 4.57 Å². The molecule has 10 nitrogen and oxygen atoms in total. The van der Waals surface area contributed by atoms with E-state index < -0.39 is 5.97 Å². The van der Waals surface area contributed by atoms with Crippen molar-refractivity contribution >= 4 is 23.3 Å². The fourth-order valence-corrected chi connectivity index (χ4v) is 1.66. The van der Waals surface area contributed by atoms with E-state index in [4.69, 9.17) is 0 Å². The van der Waals surface area contributed by atoms with Crippen LogP contribution in [0.4, 0.5) is 17.3 Å². The third kappa shape index (κ3) is 4.66. The number of carboxylic acids is 1. The lowest BCUT2D eigenvalue weighted by molar-refractivity contribution is -0.659. The lowest BCUT2D eigenvalue weighted by atomic mass is 10.3. The number of aliphatic carboxylic acids is 1. The van der Waals surface area contributed by atoms with E-state index in [9.17, 15) is 9.90 Å². The van der Waals surface area contributed by atoms with Gasteiger partial charge in [0.15, 0.2) is 0 Å². The fraction of sp³-hybridized carbons (Fsp3) is 0.308. The number of aromatic nitrogens is 3. The number of benzene rings is 1. The van der Waals surface area contributed by atoms with Crippen molar-refractivity contribution in [3.8, 4) is 0 Å². The van der Waals surface area contributed by atoms with Crippen LogP contribution >= 0.6 is 0 Å². The van der Waals surface area contributed by atoms with E-state index in [1.54, 1.807) is 46.9 Å². The summed E-state index contributed by atoms with van der Waals surface area (Å²) in [6, 6.07) is 6.86. The van der Waals surface area contributed by atoms with Crippen molar-refractivity contribution in [3.63, 3.8) is 0 Å². The van der Waals surface area contributed by atoms with Gasteiger partial charge in [0.2, 0.25) is 6.33 Å². The Bertz CT molecular complexity index is 715. The summed E-state index contributed by atoms with van der Waals surface area (Å²) in [7, 11) is 5.10. The van der Waals surface area contributed by atoms with Gasteiger partial charge in [-0.3, -0.25) is 5.01 Å². The summed E-state index contributed by atoms with van der Waals surface area (Å²) in [5.41, 5.74) is 1.22. The molecule has 0 aliphatic heterocycles. The van der Waals surface area contributed by atoms with Crippen LogP contribution in [-0.4, -0.2) is 34.4 Å². The maximum Gasteiger partial charge on any atom is 0.403 e. The first-order valence-corrected chi connectivity index (χ1v) is 6.68. The van der Waals surface area contributed by atoms with E-state index in [0.717, 1.165) is 0 Å². The Morgan fingerprint density at radius 1 is 1.26 bits per heavy atom. The van der Waals surface area contributed by atoms with Crippen molar-refractivity contribution in [3.05, 3.63) is 30.6 Å². The molecule has 0 unspecified atom stereocenters. The smallest absolute Gasteiger partial charge is 0.403 e. The second kappa shape index (κ2) is 7.20. The van der Waals surface area contributed by atoms with Crippen LogP contribution in [0.3, 0.4) is 0 Å². The van der Waals surface area contributed by atoms with Gasteiger partial charge in [-0.05, 0) is 29.4 Å². The van der Waals surface area contributed by atoms with Gasteiger partial charge < -0.3 is 9.90 Å². The molecule has 0 N–H and O–H groups in total. The molecule has 1 heterocycles. The predicted octanol–water partition coefficient (Wildman–Crippen LogP) is 0.340. The molecule has 0 aliphatic carbocycles. The molecule has 10 heteroatoms. The molecule has 0 radical (unpaired) electrons. The highest BCUT2D eigenvalue weighted by Gasteiger charge is 2.11. The first-order valence-electron chi connectivity index (χ1n) is 6.68. The summed E-state index contributed by atoms with van der Waals surface area (Å²) in [6.45, 7) is -0.322. The summed E-state index contributed by atoms with van der Waals surface area (Å²) in [4.78, 5) is 10.4. The van der Waals surface area contributed by atoms with Crippen LogP contribution in [-0.2, 0) is 18.9 Å². The monoisotopic (exact) mass is 316 g/mol. The summed E-state index contributed by atoms with van der Waals surface area (Å²) >= 11 is 0. The fourth-order valence-electron chi connectivity index (χ4n) is 1.66. The number of hydrogen-bond acceptors (Lipinski definition) is 7. The Morgan fingerprint density at radius 3 is 2.39 bits per heavy atom. The van der Waals surface area contributed by atoms with Gasteiger partial charge in [-0.1, -0.05) is 10.3 Å². The van der Waals surface area contributed by atoms with E-state index in [1.807, 2.05) is 7.05 Å². The molecule has 1 aromatic carbocycles. The zero-order valence-electron chi connectivity index (χ0n) is 13.0. The SMILES string of the molecule is CN(CC(=O)[O-])N=Nc1ccc(N=Nc2n(C)nc[n+]2C)cc1. The number of carbonyl (C=O) groups is 1. The van der Waals surface area contributed by atoms with Crippen molar-refractivity contribution in [2.24, 2.45) is 34.7 Å². The van der Waals surface area contributed by atoms with E-state index >= 15 is 0 Å². The molecule has 0 saturated heterocycles. The molecule has 0 amide bonds. The summed E-state index contributed by atoms with van der Waals surface area (Å²) in [5.74, 6) is -0.608. The lowest BCUT2D eigenvalue weighted by Crippen LogP contribution is -2.33. The second-order valence-corrected chi connectivity index (χ2v) is 4.76. The minimum absolute atomic E-state index is 0.322. The molecule has 0 atom stereocenters. The van der Waals surface area contributed by atoms with Gasteiger partial charge in [-0.2, -0.15) is 0 Å². The van der Waals surface area contributed by atoms with E-state index in [0.29, 0.717) is 17.3 Å². The molecule has 120 valence electrons. The highest BCUT2D eigenvalue weighted by atomic mass is 16.4. The minimum atomic E-state index is -1.22. The molecule has 0 spiro atoms. The van der Waals surface area contributed by atoms with Gasteiger partial charge in [0.25, 0.3) is 0 Å². The number of carbonyl (C=O) groups excluding carboxylic acids is 1. The Kier molecular flexibility index (Phi) is 5.07. The molecule has 2 aromatic rings. The Hall–Kier alpha value is -3.17. The van der Waals surface area contributed by atoms with Crippen molar-refractivity contribution in [1.29, 1.82) is 0 Å². The highest BCUT2D eigenvalue weighted by molar-refractivity contribution is 5.66. The molecule has 0 aliphatic rings. The Morgan fingerprint density at radius 2 is 1.87 bits per heavy atom. The number of nitrogens with zero attached hydrogens (tertiary/aromatic N) is 8. The molecule has 1 aromatic heterocycles. The minimum Gasteiger partial charge on any atom is -0.548 e. The number of hydrogen-bond donors (Lipinski definition) is 0. The van der Waals surface area contributed by atoms with Gasteiger partial charge in [0.05, 0.1) is 38.0 Å². The summed E-state index contributed by atoms with van der Waals surface area (Å²) < 4.78 is 3.36. The Labute approximate surface area is 132 Å². The van der Waals surface area contributed by atoms with Gasteiger partial charge in [0.1, 0.15) is 0 Å². The van der Waals surface area contributed by atoms with Crippen LogP contribution in [0.2, 0.25) is 0 Å². The van der Waals surface area contributed by atoms with Gasteiger partial charge >= 0.3 is 5.95 Å². The highest BCUT2D eigenvalue weighted by Crippen LogP contribution is 2.20. The van der Waals surface area contributed by atoms with Crippen LogP contribution < -0.4 is 9.67 Å². The second-order valence-electron chi connectivity index (χ2n) is 4.76. The first-order chi connectivity index (χ1) is 11.0. The van der Waals surface area contributed by atoms with E-state index in [-0.39, 0.29) is 6.54 Å². The zero-order valence-corrected chi connectivity index (χ0v) is 13.0. The summed E-state index contributed by atoms with van der Waals surface area (Å²) in [5, 5.41) is 31.5. The lowest BCUT2D eigenvalue weighted by Gasteiger charge is -2.10. The zero-order chi connectivity index (χ0) is 16.8. The molecule has 0 bridgehead atoms. The van der Waals surface area contributed by atoms with Crippen molar-refractivity contribution in [2.75, 3.05) is 13.6 Å². The number of aryl methyl sites for hydroxylation is 2. The third-order valence-corrected chi connectivity index (χ3v) is 2.78. The number of azo groups is 1. The van der Waals surface area contributed by atoms with Crippen molar-refractivity contribution in [2.45, 2.75) is 0 Å². The molecule has 23 heavy (non-hydrogen) atoms. The number of carboxylic acid groups (broad SMARTS) is 1. The normalized spacial score (nSPS) is 11.4. The first kappa shape index (κ1) is 16.2. The molecular formula is C13H16N8O2. The maximum atomic E-state index is 10.4. The molecular weight excluding hydrogens is 300 g/mol. The molecule has 0 fully saturated rings. The van der Waals surface area contributed by atoms with Crippen LogP contribution in [0.15, 0.2) is 51.2 Å². The van der Waals surface area contributed by atoms with Gasteiger partial charge in [-0.15, -0.1) is 9.80 Å². The van der Waals surface area contributed by atoms with Gasteiger partial charge in [0, 0.05) is 12.2 Å². The van der Waals surface area contributed by atoms with Crippen LogP contribution in [0.1, 0.15) is 0 Å². The quantitative estimate of drug-likeness (QED) is 0.434. The van der Waals surface area contributed by atoms with Crippen LogP contribution in [0, 0.1) is 0 Å². The van der Waals surface area contributed by atoms with E-state index in [2.05, 4.69) is 25.7 Å². The van der Waals surface area contributed by atoms with Crippen molar-refractivity contribution < 1.29 is 14.5 Å². The third-order valence-electron chi connectivity index (χ3n) is 2.78. The standard InChI is InChI=1S/C13H16N8O2/c1-19-9-14-21(3)13(19)17-15-10-4-6-11(7-5-10)16-18-20(2)8-12(22)23/h4-7,9H,8H2,1-3H3. The number of rotatable bonds is 6. The molecule has 2 rings (SSSR count). The average molecular weight is 316 g/mol. The van der Waals surface area contributed by atoms with Crippen LogP contribution in [0.25, 0.3) is 0 Å². The maximum absolute atomic E-state index is 10.4. The van der Waals surface area contributed by atoms with Crippen LogP contribution in [0.5, 0.6) is 0 Å². The van der Waals surface area contributed by atoms with Crippen molar-refractivity contribution in [1.82, 2.24) is 14.8 Å². The predicted molar refractivity (Wildman–Crippen MR) is 77.2 cm³/mol. The average Bonchev–Trinajstić information content (AvgIpc) is 2.82. The topological polar surface area (TPSA) is 115 Å². The molecule has 0 saturated carbocycles. The Balaban J connectivity index is 2.02.